The van der Waals surface area contributed by atoms with Gasteiger partial charge in [-0.15, -0.1) is 0 Å². The molecule has 0 heterocycles. The summed E-state index contributed by atoms with van der Waals surface area (Å²) in [7, 11) is -2.83. The molecule has 15 heavy (non-hydrogen) atoms. The first-order chi connectivity index (χ1) is 6.85. The normalized spacial score (nSPS) is 10.9. The molecular weight excluding hydrogens is 222 g/mol. The van der Waals surface area contributed by atoms with Gasteiger partial charge in [0.1, 0.15) is 6.42 Å². The molecular formula is C7H15NO6Si. The number of carbonyl (C=O) groups is 2. The summed E-state index contributed by atoms with van der Waals surface area (Å²) in [5.74, 6) is -1.13. The van der Waals surface area contributed by atoms with Gasteiger partial charge >= 0.3 is 14.8 Å². The standard InChI is InChI=1S/C7H15NO6Si/c1-14-7(10)5-6(9)8-3-2-4-15(11,12)13/h11-13H,2-5H2,1H3,(H,8,9). The predicted molar refractivity (Wildman–Crippen MR) is 51.5 cm³/mol. The molecule has 0 saturated heterocycles. The molecule has 0 aliphatic rings. The van der Waals surface area contributed by atoms with Crippen LogP contribution in [-0.2, 0) is 14.3 Å². The maximum absolute atomic E-state index is 10.9. The van der Waals surface area contributed by atoms with E-state index in [4.69, 9.17) is 14.4 Å². The van der Waals surface area contributed by atoms with E-state index in [1.807, 2.05) is 0 Å². The number of rotatable bonds is 6. The zero-order valence-corrected chi connectivity index (χ0v) is 9.39. The maximum Gasteiger partial charge on any atom is 0.492 e. The molecule has 0 spiro atoms. The van der Waals surface area contributed by atoms with E-state index >= 15 is 0 Å². The summed E-state index contributed by atoms with van der Waals surface area (Å²) >= 11 is 0. The average molecular weight is 237 g/mol. The number of hydrogen-bond donors (Lipinski definition) is 4. The lowest BCUT2D eigenvalue weighted by Gasteiger charge is -2.09. The Morgan fingerprint density at radius 1 is 1.33 bits per heavy atom. The zero-order chi connectivity index (χ0) is 11.9. The molecule has 0 atom stereocenters. The molecule has 0 aromatic rings. The Bertz CT molecular complexity index is 226. The summed E-state index contributed by atoms with van der Waals surface area (Å²) in [4.78, 5) is 47.5. The minimum atomic E-state index is -4.01. The molecule has 0 aliphatic carbocycles. The van der Waals surface area contributed by atoms with Crippen LogP contribution in [0, 0.1) is 0 Å². The van der Waals surface area contributed by atoms with Gasteiger partial charge in [0.15, 0.2) is 0 Å². The minimum Gasteiger partial charge on any atom is -0.469 e. The molecule has 0 saturated carbocycles. The van der Waals surface area contributed by atoms with Crippen LogP contribution in [0.4, 0.5) is 0 Å². The highest BCUT2D eigenvalue weighted by atomic mass is 28.4. The van der Waals surface area contributed by atoms with Gasteiger partial charge < -0.3 is 24.4 Å². The van der Waals surface area contributed by atoms with Crippen LogP contribution in [0.2, 0.25) is 6.04 Å². The molecule has 0 bridgehead atoms. The topological polar surface area (TPSA) is 116 Å². The molecule has 0 aromatic heterocycles. The van der Waals surface area contributed by atoms with E-state index in [0.717, 1.165) is 0 Å². The van der Waals surface area contributed by atoms with E-state index in [1.54, 1.807) is 0 Å². The lowest BCUT2D eigenvalue weighted by Crippen LogP contribution is -2.36. The first kappa shape index (κ1) is 14.0. The molecule has 1 amide bonds. The van der Waals surface area contributed by atoms with Crippen molar-refractivity contribution in [1.29, 1.82) is 0 Å². The second kappa shape index (κ2) is 6.51. The largest absolute Gasteiger partial charge is 0.492 e. The van der Waals surface area contributed by atoms with Crippen molar-refractivity contribution >= 4 is 20.7 Å². The van der Waals surface area contributed by atoms with Crippen molar-refractivity contribution in [1.82, 2.24) is 5.32 Å². The van der Waals surface area contributed by atoms with E-state index in [-0.39, 0.29) is 25.4 Å². The van der Waals surface area contributed by atoms with Crippen LogP contribution in [0.1, 0.15) is 12.8 Å². The van der Waals surface area contributed by atoms with Crippen molar-refractivity contribution in [2.75, 3.05) is 13.7 Å². The van der Waals surface area contributed by atoms with E-state index in [1.165, 1.54) is 7.11 Å². The van der Waals surface area contributed by atoms with E-state index in [0.29, 0.717) is 0 Å². The summed E-state index contributed by atoms with van der Waals surface area (Å²) in [6.45, 7) is 0.173. The van der Waals surface area contributed by atoms with Crippen LogP contribution in [0.3, 0.4) is 0 Å². The first-order valence-corrected chi connectivity index (χ1v) is 6.40. The number of esters is 1. The smallest absolute Gasteiger partial charge is 0.469 e. The lowest BCUT2D eigenvalue weighted by molar-refractivity contribution is -0.143. The Balaban J connectivity index is 3.52. The van der Waals surface area contributed by atoms with E-state index in [9.17, 15) is 9.59 Å². The molecule has 0 rings (SSSR count). The highest BCUT2D eigenvalue weighted by Gasteiger charge is 2.25. The third-order valence-corrected chi connectivity index (χ3v) is 2.57. The molecule has 88 valence electrons. The average Bonchev–Trinajstić information content (AvgIpc) is 2.11. The molecule has 0 fully saturated rings. The van der Waals surface area contributed by atoms with Crippen molar-refractivity contribution in [3.05, 3.63) is 0 Å². The Morgan fingerprint density at radius 2 is 1.93 bits per heavy atom. The van der Waals surface area contributed by atoms with Crippen LogP contribution >= 0.6 is 0 Å². The number of hydrogen-bond acceptors (Lipinski definition) is 6. The molecule has 4 N–H and O–H groups in total. The summed E-state index contributed by atoms with van der Waals surface area (Å²) in [5, 5.41) is 2.37. The summed E-state index contributed by atoms with van der Waals surface area (Å²) < 4.78 is 4.27. The van der Waals surface area contributed by atoms with Gasteiger partial charge in [0.2, 0.25) is 5.91 Å². The molecule has 8 heteroatoms. The third kappa shape index (κ3) is 9.34. The maximum atomic E-state index is 10.9. The van der Waals surface area contributed by atoms with Gasteiger partial charge in [0.05, 0.1) is 7.11 Å². The van der Waals surface area contributed by atoms with Crippen molar-refractivity contribution in [3.8, 4) is 0 Å². The van der Waals surface area contributed by atoms with Gasteiger partial charge in [-0.05, 0) is 6.42 Å². The van der Waals surface area contributed by atoms with Crippen molar-refractivity contribution in [2.45, 2.75) is 18.9 Å². The van der Waals surface area contributed by atoms with Gasteiger partial charge in [-0.3, -0.25) is 9.59 Å². The number of amides is 1. The minimum absolute atomic E-state index is 0.147. The van der Waals surface area contributed by atoms with Gasteiger partial charge in [-0.25, -0.2) is 0 Å². The Morgan fingerprint density at radius 3 is 2.40 bits per heavy atom. The Kier molecular flexibility index (Phi) is 6.09. The number of ether oxygens (including phenoxy) is 1. The lowest BCUT2D eigenvalue weighted by atomic mass is 10.4. The van der Waals surface area contributed by atoms with Crippen LogP contribution in [0.25, 0.3) is 0 Å². The second-order valence-corrected chi connectivity index (χ2v) is 5.03. The SMILES string of the molecule is COC(=O)CC(=O)NCCC[Si](O)(O)O. The highest BCUT2D eigenvalue weighted by Crippen LogP contribution is 1.99. The Labute approximate surface area is 88.0 Å². The molecule has 0 radical (unpaired) electrons. The van der Waals surface area contributed by atoms with E-state index < -0.39 is 20.7 Å². The monoisotopic (exact) mass is 237 g/mol. The van der Waals surface area contributed by atoms with Crippen LogP contribution < -0.4 is 5.32 Å². The molecule has 7 nitrogen and oxygen atoms in total. The highest BCUT2D eigenvalue weighted by molar-refractivity contribution is 6.56. The number of methoxy groups -OCH3 is 1. The van der Waals surface area contributed by atoms with Crippen molar-refractivity contribution < 1.29 is 28.7 Å². The van der Waals surface area contributed by atoms with Crippen LogP contribution in [-0.4, -0.2) is 48.7 Å². The first-order valence-electron chi connectivity index (χ1n) is 4.36. The van der Waals surface area contributed by atoms with Gasteiger partial charge in [-0.2, -0.15) is 0 Å². The predicted octanol–water partition coefficient (Wildman–Crippen LogP) is -2.03. The fraction of sp³-hybridized carbons (Fsp3) is 0.714. The summed E-state index contributed by atoms with van der Waals surface area (Å²) in [5.41, 5.74) is 0. The van der Waals surface area contributed by atoms with Gasteiger partial charge in [-0.1, -0.05) is 0 Å². The van der Waals surface area contributed by atoms with Crippen LogP contribution in [0.15, 0.2) is 0 Å². The Hall–Kier alpha value is -0.963. The fourth-order valence-electron chi connectivity index (χ4n) is 0.819. The second-order valence-electron chi connectivity index (χ2n) is 2.98. The fourth-order valence-corrected chi connectivity index (χ4v) is 1.47. The molecule has 0 unspecified atom stereocenters. The van der Waals surface area contributed by atoms with Crippen LogP contribution in [0.5, 0.6) is 0 Å². The quantitative estimate of drug-likeness (QED) is 0.183. The summed E-state index contributed by atoms with van der Waals surface area (Å²) in [6, 6.07) is -0.147. The van der Waals surface area contributed by atoms with Crippen molar-refractivity contribution in [2.24, 2.45) is 0 Å². The van der Waals surface area contributed by atoms with E-state index in [2.05, 4.69) is 10.1 Å². The molecule has 0 aliphatic heterocycles. The van der Waals surface area contributed by atoms with Gasteiger partial charge in [0, 0.05) is 12.6 Å². The van der Waals surface area contributed by atoms with Crippen molar-refractivity contribution in [3.63, 3.8) is 0 Å². The molecule has 0 aromatic carbocycles. The number of carbonyl (C=O) groups excluding carboxylic acids is 2. The number of nitrogens with one attached hydrogen (secondary N) is 1. The summed E-state index contributed by atoms with van der Waals surface area (Å²) in [6.07, 6.45) is -0.126. The zero-order valence-electron chi connectivity index (χ0n) is 8.39. The third-order valence-electron chi connectivity index (χ3n) is 1.54. The van der Waals surface area contributed by atoms with Gasteiger partial charge in [0.25, 0.3) is 0 Å².